The maximum Gasteiger partial charge on any atom is 0.350 e. The monoisotopic (exact) mass is 743 g/mol. The number of guanidine groups is 4. The van der Waals surface area contributed by atoms with E-state index < -0.39 is 0 Å². The molecular weight excluding hydrogens is 661 g/mol. The Labute approximate surface area is 324 Å². The predicted octanol–water partition coefficient (Wildman–Crippen LogP) is 2.19. The van der Waals surface area contributed by atoms with Gasteiger partial charge in [0.2, 0.25) is 0 Å². The number of fused-ring (bicyclic) bond motifs is 1. The van der Waals surface area contributed by atoms with E-state index in [2.05, 4.69) is 149 Å². The fourth-order valence-corrected chi connectivity index (χ4v) is 8.94. The molecule has 0 aromatic carbocycles. The van der Waals surface area contributed by atoms with E-state index in [4.69, 9.17) is 0 Å². The Balaban J connectivity index is 0.000000136. The third kappa shape index (κ3) is 10.0. The third-order valence-electron chi connectivity index (χ3n) is 11.7. The van der Waals surface area contributed by atoms with Crippen LogP contribution in [0.4, 0.5) is 0 Å². The minimum atomic E-state index is 0.248. The average Bonchev–Trinajstić information content (AvgIpc) is 3.88. The molecule has 302 valence electrons. The lowest BCUT2D eigenvalue weighted by Crippen LogP contribution is -2.60. The van der Waals surface area contributed by atoms with Crippen LogP contribution in [0.3, 0.4) is 0 Å². The molecule has 1 saturated heterocycles. The summed E-state index contributed by atoms with van der Waals surface area (Å²) in [5.74, 6) is 5.53. The van der Waals surface area contributed by atoms with E-state index in [1.165, 1.54) is 135 Å². The van der Waals surface area contributed by atoms with Crippen molar-refractivity contribution in [2.75, 3.05) is 112 Å². The first-order valence-electron chi connectivity index (χ1n) is 21.3. The Morgan fingerprint density at radius 2 is 0.811 bits per heavy atom. The van der Waals surface area contributed by atoms with Crippen molar-refractivity contribution in [1.29, 1.82) is 0 Å². The van der Waals surface area contributed by atoms with Crippen molar-refractivity contribution in [3.05, 3.63) is 0 Å². The normalized spacial score (nSPS) is 23.2. The van der Waals surface area contributed by atoms with Crippen molar-refractivity contribution in [1.82, 2.24) is 40.4 Å². The van der Waals surface area contributed by atoms with Gasteiger partial charge in [0, 0.05) is 25.7 Å². The predicted molar refractivity (Wildman–Crippen MR) is 221 cm³/mol. The van der Waals surface area contributed by atoms with Crippen LogP contribution in [0.5, 0.6) is 0 Å². The smallest absolute Gasteiger partial charge is 0.278 e. The van der Waals surface area contributed by atoms with Crippen LogP contribution in [0.2, 0.25) is 0 Å². The van der Waals surface area contributed by atoms with E-state index in [0.717, 1.165) is 19.6 Å². The van der Waals surface area contributed by atoms with E-state index in [9.17, 15) is 0 Å². The molecule has 12 heteroatoms. The Kier molecular flexibility index (Phi) is 12.8. The van der Waals surface area contributed by atoms with Crippen molar-refractivity contribution in [2.24, 2.45) is 0 Å². The van der Waals surface area contributed by atoms with Crippen molar-refractivity contribution in [2.45, 2.75) is 131 Å². The number of nitrogens with zero attached hydrogens (tertiary/aromatic N) is 9. The van der Waals surface area contributed by atoms with Crippen LogP contribution in [0, 0.1) is 0 Å². The van der Waals surface area contributed by atoms with Gasteiger partial charge < -0.3 is 0 Å². The van der Waals surface area contributed by atoms with Crippen molar-refractivity contribution in [3.8, 4) is 0 Å². The molecule has 0 aliphatic carbocycles. The molecule has 0 saturated carbocycles. The molecule has 8 rings (SSSR count). The molecule has 8 aliphatic heterocycles. The summed E-state index contributed by atoms with van der Waals surface area (Å²) in [7, 11) is 2.21. The molecular formula is C41H82N12+4. The first-order valence-corrected chi connectivity index (χ1v) is 21.3. The molecule has 0 spiro atoms. The molecule has 8 heterocycles. The minimum absolute atomic E-state index is 0.248. The van der Waals surface area contributed by atoms with Gasteiger partial charge in [-0.15, -0.1) is 0 Å². The summed E-state index contributed by atoms with van der Waals surface area (Å²) in [5.41, 5.74) is 1.03. The van der Waals surface area contributed by atoms with E-state index in [0.29, 0.717) is 0 Å². The van der Waals surface area contributed by atoms with Gasteiger partial charge in [0.15, 0.2) is 0 Å². The van der Waals surface area contributed by atoms with Crippen LogP contribution in [0.1, 0.15) is 109 Å². The molecule has 0 aromatic rings. The van der Waals surface area contributed by atoms with E-state index >= 15 is 0 Å². The zero-order valence-electron chi connectivity index (χ0n) is 36.7. The number of likely N-dealkylation sites (N-methyl/N-ethyl adjacent to an activating group) is 1. The Bertz CT molecular complexity index is 1390. The molecule has 3 N–H and O–H groups in total. The molecule has 0 atom stereocenters. The number of hydrogen-bond donors (Lipinski definition) is 3. The fraction of sp³-hybridized carbons (Fsp3) is 0.902. The summed E-state index contributed by atoms with van der Waals surface area (Å²) in [4.78, 5) is 12.5. The van der Waals surface area contributed by atoms with Gasteiger partial charge in [-0.05, 0) is 83.1 Å². The SMILES string of the molecule is CC(C)(C)N1CCC[N+]2=C1NCCC2.CC(C)(C)N1CC[N+]2=C1NCC2.CC(C)(C)N1CC[N+]2=C1NCCC2.C[N+]1=C2N(CCCN2C(C)(C)C)CC1. The van der Waals surface area contributed by atoms with Gasteiger partial charge in [0.25, 0.3) is 0 Å². The maximum absolute atomic E-state index is 3.55. The second-order valence-electron chi connectivity index (χ2n) is 20.1. The van der Waals surface area contributed by atoms with Gasteiger partial charge in [-0.25, -0.2) is 0 Å². The molecule has 1 fully saturated rings. The number of rotatable bonds is 0. The molecule has 0 bridgehead atoms. The van der Waals surface area contributed by atoms with Crippen molar-refractivity contribution in [3.63, 3.8) is 0 Å². The van der Waals surface area contributed by atoms with E-state index in [1.54, 1.807) is 0 Å². The summed E-state index contributed by atoms with van der Waals surface area (Å²) in [6.07, 6.45) is 5.15. The lowest BCUT2D eigenvalue weighted by molar-refractivity contribution is -0.545. The molecule has 8 aliphatic rings. The highest BCUT2D eigenvalue weighted by Gasteiger charge is 2.43. The summed E-state index contributed by atoms with van der Waals surface area (Å²) in [5, 5.41) is 10.5. The van der Waals surface area contributed by atoms with E-state index in [1.807, 2.05) is 0 Å². The lowest BCUT2D eigenvalue weighted by atomic mass is 10.0. The van der Waals surface area contributed by atoms with Gasteiger partial charge in [-0.2, -0.15) is 0 Å². The van der Waals surface area contributed by atoms with Crippen LogP contribution in [0.15, 0.2) is 0 Å². The molecule has 0 amide bonds. The van der Waals surface area contributed by atoms with Crippen LogP contribution in [0.25, 0.3) is 0 Å². The molecule has 0 unspecified atom stereocenters. The van der Waals surface area contributed by atoms with E-state index in [-0.39, 0.29) is 22.2 Å². The Hall–Kier alpha value is -2.92. The highest BCUT2D eigenvalue weighted by molar-refractivity contribution is 5.79. The van der Waals surface area contributed by atoms with Gasteiger partial charge >= 0.3 is 23.8 Å². The van der Waals surface area contributed by atoms with Crippen molar-refractivity contribution < 1.29 is 18.3 Å². The van der Waals surface area contributed by atoms with Gasteiger partial charge in [-0.3, -0.25) is 58.8 Å². The number of hydrogen-bond acceptors (Lipinski definition) is 8. The van der Waals surface area contributed by atoms with Crippen LogP contribution in [-0.2, 0) is 0 Å². The van der Waals surface area contributed by atoms with Crippen LogP contribution in [-0.4, -0.2) is 201 Å². The zero-order chi connectivity index (χ0) is 38.8. The average molecular weight is 743 g/mol. The zero-order valence-corrected chi connectivity index (χ0v) is 36.7. The molecule has 0 radical (unpaired) electrons. The summed E-state index contributed by atoms with van der Waals surface area (Å²) < 4.78 is 9.79. The number of nitrogens with one attached hydrogen (secondary N) is 3. The maximum atomic E-state index is 3.55. The third-order valence-corrected chi connectivity index (χ3v) is 11.7. The van der Waals surface area contributed by atoms with Gasteiger partial charge in [0.1, 0.15) is 0 Å². The summed E-state index contributed by atoms with van der Waals surface area (Å²) >= 11 is 0. The topological polar surface area (TPSA) is 64.3 Å². The minimum Gasteiger partial charge on any atom is -0.278 e. The van der Waals surface area contributed by atoms with Crippen LogP contribution < -0.4 is 16.0 Å². The second-order valence-corrected chi connectivity index (χ2v) is 20.1. The van der Waals surface area contributed by atoms with Gasteiger partial charge in [-0.1, -0.05) is 0 Å². The highest BCUT2D eigenvalue weighted by atomic mass is 15.5. The largest absolute Gasteiger partial charge is 0.350 e. The second kappa shape index (κ2) is 16.4. The summed E-state index contributed by atoms with van der Waals surface area (Å²) in [6.45, 7) is 46.4. The van der Waals surface area contributed by atoms with Gasteiger partial charge in [0.05, 0.1) is 134 Å². The first kappa shape index (κ1) is 41.2. The molecule has 53 heavy (non-hydrogen) atoms. The standard InChI is InChI=1S/C11H22N3.C11H21N3.C10H19N3.C9H17N3/c1-11(2,3)14-7-5-6-13-9-8-12(4)10(13)14;1-11(2,3)14-9-5-8-13-7-4-6-12-10(13)14;1-10(2,3)13-8-7-12-6-4-5-11-9(12)13;1-9(2,3)12-7-6-11-5-4-10-8(11)12/h5-9H2,1-4H3;4-9H2,1-3H3;4-8H2,1-3H3;4-7H2,1-3H3/q+1;;;/p+3. The fourth-order valence-electron chi connectivity index (χ4n) is 8.94. The molecule has 12 nitrogen and oxygen atoms in total. The molecule has 0 aromatic heterocycles. The quantitative estimate of drug-likeness (QED) is 0.327. The summed E-state index contributed by atoms with van der Waals surface area (Å²) in [6, 6.07) is 0. The lowest BCUT2D eigenvalue weighted by Gasteiger charge is -2.38. The van der Waals surface area contributed by atoms with Crippen LogP contribution >= 0.6 is 0 Å². The van der Waals surface area contributed by atoms with Crippen molar-refractivity contribution >= 4 is 23.8 Å². The first-order chi connectivity index (χ1) is 24.8. The highest BCUT2D eigenvalue weighted by Crippen LogP contribution is 2.23. The Morgan fingerprint density at radius 3 is 1.32 bits per heavy atom. The Morgan fingerprint density at radius 1 is 0.396 bits per heavy atom.